The molecule has 2 amide bonds. The van der Waals surface area contributed by atoms with Gasteiger partial charge in [-0.2, -0.15) is 0 Å². The Morgan fingerprint density at radius 2 is 2.27 bits per heavy atom. The summed E-state index contributed by atoms with van der Waals surface area (Å²) in [6.45, 7) is 0.500. The minimum atomic E-state index is -0.381. The van der Waals surface area contributed by atoms with E-state index in [1.54, 1.807) is 36.2 Å². The Labute approximate surface area is 132 Å². The van der Waals surface area contributed by atoms with Crippen LogP contribution in [0.2, 0.25) is 5.02 Å². The minimum absolute atomic E-state index is 0.0162. The lowest BCUT2D eigenvalue weighted by Gasteiger charge is -2.10. The van der Waals surface area contributed by atoms with Crippen LogP contribution < -0.4 is 5.32 Å². The number of amides is 2. The molecule has 0 saturated carbocycles. The van der Waals surface area contributed by atoms with Crippen LogP contribution in [-0.2, 0) is 4.79 Å². The fourth-order valence-electron chi connectivity index (χ4n) is 2.38. The Hall–Kier alpha value is -2.34. The first-order chi connectivity index (χ1) is 10.5. The van der Waals surface area contributed by atoms with E-state index in [0.717, 1.165) is 5.56 Å². The number of benzene rings is 1. The van der Waals surface area contributed by atoms with Crippen molar-refractivity contribution in [3.63, 3.8) is 0 Å². The summed E-state index contributed by atoms with van der Waals surface area (Å²) in [6.07, 6.45) is 0.303. The molecule has 1 aliphatic heterocycles. The third-order valence-electron chi connectivity index (χ3n) is 3.53. The molecule has 6 nitrogen and oxygen atoms in total. The zero-order valence-corrected chi connectivity index (χ0v) is 12.6. The molecule has 0 unspecified atom stereocenters. The van der Waals surface area contributed by atoms with Gasteiger partial charge in [0.05, 0.1) is 6.04 Å². The average molecular weight is 320 g/mol. The second kappa shape index (κ2) is 5.81. The molecule has 2 aromatic rings. The lowest BCUT2D eigenvalue weighted by molar-refractivity contribution is -0.126. The molecule has 0 spiro atoms. The van der Waals surface area contributed by atoms with Crippen molar-refractivity contribution < 1.29 is 14.1 Å². The summed E-state index contributed by atoms with van der Waals surface area (Å²) in [5, 5.41) is 7.23. The molecule has 1 fully saturated rings. The minimum Gasteiger partial charge on any atom is -0.350 e. The maximum Gasteiger partial charge on any atom is 0.290 e. The number of rotatable bonds is 3. The highest BCUT2D eigenvalue weighted by atomic mass is 35.5. The van der Waals surface area contributed by atoms with E-state index in [2.05, 4.69) is 10.5 Å². The number of carbonyl (C=O) groups excluding carboxylic acids is 2. The first-order valence-corrected chi connectivity index (χ1v) is 7.18. The van der Waals surface area contributed by atoms with Gasteiger partial charge in [-0.25, -0.2) is 0 Å². The fraction of sp³-hybridized carbons (Fsp3) is 0.267. The number of likely N-dealkylation sites (tertiary alicyclic amines) is 1. The standard InChI is InChI=1S/C15H14ClN3O3/c1-19-8-11(6-14(19)20)17-15(21)13-7-12(18-22-13)9-3-2-4-10(16)5-9/h2-5,7,11H,6,8H2,1H3,(H,17,21)/t11-/m1/s1. The van der Waals surface area contributed by atoms with E-state index < -0.39 is 0 Å². The molecule has 114 valence electrons. The van der Waals surface area contributed by atoms with Crippen LogP contribution in [0.5, 0.6) is 0 Å². The SMILES string of the molecule is CN1C[C@H](NC(=O)c2cc(-c3cccc(Cl)c3)no2)CC1=O. The summed E-state index contributed by atoms with van der Waals surface area (Å²) in [5.41, 5.74) is 1.30. The Morgan fingerprint density at radius 3 is 2.95 bits per heavy atom. The first kappa shape index (κ1) is 14.6. The fourth-order valence-corrected chi connectivity index (χ4v) is 2.57. The van der Waals surface area contributed by atoms with Gasteiger partial charge in [-0.3, -0.25) is 9.59 Å². The van der Waals surface area contributed by atoms with Gasteiger partial charge in [0.15, 0.2) is 0 Å². The maximum absolute atomic E-state index is 12.1. The molecule has 1 N–H and O–H groups in total. The van der Waals surface area contributed by atoms with Crippen molar-refractivity contribution in [1.29, 1.82) is 0 Å². The van der Waals surface area contributed by atoms with Crippen molar-refractivity contribution in [3.05, 3.63) is 41.1 Å². The predicted molar refractivity (Wildman–Crippen MR) is 80.5 cm³/mol. The van der Waals surface area contributed by atoms with Gasteiger partial charge in [0.2, 0.25) is 11.7 Å². The molecule has 0 bridgehead atoms. The summed E-state index contributed by atoms with van der Waals surface area (Å²) in [4.78, 5) is 25.2. The number of likely N-dealkylation sites (N-methyl/N-ethyl adjacent to an activating group) is 1. The van der Waals surface area contributed by atoms with E-state index in [1.807, 2.05) is 6.07 Å². The summed E-state index contributed by atoms with van der Waals surface area (Å²) in [7, 11) is 1.71. The largest absolute Gasteiger partial charge is 0.350 e. The third-order valence-corrected chi connectivity index (χ3v) is 3.77. The first-order valence-electron chi connectivity index (χ1n) is 6.80. The predicted octanol–water partition coefficient (Wildman–Crippen LogP) is 1.96. The summed E-state index contributed by atoms with van der Waals surface area (Å²) in [6, 6.07) is 8.48. The van der Waals surface area contributed by atoms with Crippen LogP contribution >= 0.6 is 11.6 Å². The number of carbonyl (C=O) groups is 2. The van der Waals surface area contributed by atoms with Gasteiger partial charge in [0, 0.05) is 36.7 Å². The molecule has 2 heterocycles. The van der Waals surface area contributed by atoms with Crippen molar-refractivity contribution in [2.24, 2.45) is 0 Å². The lowest BCUT2D eigenvalue weighted by atomic mass is 10.1. The summed E-state index contributed by atoms with van der Waals surface area (Å²) in [5.74, 6) is -0.256. The van der Waals surface area contributed by atoms with Gasteiger partial charge in [0.25, 0.3) is 5.91 Å². The highest BCUT2D eigenvalue weighted by Gasteiger charge is 2.29. The van der Waals surface area contributed by atoms with Gasteiger partial charge in [-0.1, -0.05) is 28.9 Å². The Balaban J connectivity index is 1.71. The van der Waals surface area contributed by atoms with Crippen molar-refractivity contribution in [1.82, 2.24) is 15.4 Å². The van der Waals surface area contributed by atoms with Gasteiger partial charge < -0.3 is 14.7 Å². The van der Waals surface area contributed by atoms with E-state index >= 15 is 0 Å². The van der Waals surface area contributed by atoms with Gasteiger partial charge >= 0.3 is 0 Å². The number of hydrogen-bond acceptors (Lipinski definition) is 4. The molecule has 1 saturated heterocycles. The van der Waals surface area contributed by atoms with E-state index in [9.17, 15) is 9.59 Å². The van der Waals surface area contributed by atoms with E-state index in [1.165, 1.54) is 0 Å². The van der Waals surface area contributed by atoms with Crippen molar-refractivity contribution in [2.45, 2.75) is 12.5 Å². The topological polar surface area (TPSA) is 75.4 Å². The highest BCUT2D eigenvalue weighted by molar-refractivity contribution is 6.30. The Kier molecular flexibility index (Phi) is 3.85. The van der Waals surface area contributed by atoms with Crippen molar-refractivity contribution in [2.75, 3.05) is 13.6 Å². The Morgan fingerprint density at radius 1 is 1.45 bits per heavy atom. The van der Waals surface area contributed by atoms with Crippen LogP contribution in [-0.4, -0.2) is 41.5 Å². The number of nitrogens with one attached hydrogen (secondary N) is 1. The van der Waals surface area contributed by atoms with Crippen LogP contribution in [0.1, 0.15) is 17.0 Å². The molecule has 0 radical (unpaired) electrons. The van der Waals surface area contributed by atoms with Crippen LogP contribution in [0.4, 0.5) is 0 Å². The maximum atomic E-state index is 12.1. The molecule has 7 heteroatoms. The molecule has 22 heavy (non-hydrogen) atoms. The second-order valence-electron chi connectivity index (χ2n) is 5.24. The molecule has 1 aromatic carbocycles. The van der Waals surface area contributed by atoms with Crippen LogP contribution in [0.3, 0.4) is 0 Å². The monoisotopic (exact) mass is 319 g/mol. The molecular weight excluding hydrogens is 306 g/mol. The molecule has 1 aliphatic rings. The molecular formula is C15H14ClN3O3. The number of nitrogens with zero attached hydrogens (tertiary/aromatic N) is 2. The summed E-state index contributed by atoms with van der Waals surface area (Å²) < 4.78 is 5.08. The zero-order chi connectivity index (χ0) is 15.7. The molecule has 3 rings (SSSR count). The molecule has 1 atom stereocenters. The van der Waals surface area contributed by atoms with Crippen LogP contribution in [0, 0.1) is 0 Å². The van der Waals surface area contributed by atoms with Crippen LogP contribution in [0.25, 0.3) is 11.3 Å². The Bertz CT molecular complexity index is 728. The normalized spacial score (nSPS) is 17.8. The number of hydrogen-bond donors (Lipinski definition) is 1. The second-order valence-corrected chi connectivity index (χ2v) is 5.67. The van der Waals surface area contributed by atoms with Gasteiger partial charge in [-0.05, 0) is 12.1 Å². The van der Waals surface area contributed by atoms with E-state index in [4.69, 9.17) is 16.1 Å². The smallest absolute Gasteiger partial charge is 0.290 e. The third kappa shape index (κ3) is 2.96. The quantitative estimate of drug-likeness (QED) is 0.938. The molecule has 1 aromatic heterocycles. The van der Waals surface area contributed by atoms with Crippen molar-refractivity contribution >= 4 is 23.4 Å². The van der Waals surface area contributed by atoms with E-state index in [0.29, 0.717) is 23.7 Å². The number of aromatic nitrogens is 1. The summed E-state index contributed by atoms with van der Waals surface area (Å²) >= 11 is 5.93. The highest BCUT2D eigenvalue weighted by Crippen LogP contribution is 2.22. The number of halogens is 1. The van der Waals surface area contributed by atoms with E-state index in [-0.39, 0.29) is 23.6 Å². The van der Waals surface area contributed by atoms with Crippen molar-refractivity contribution in [3.8, 4) is 11.3 Å². The van der Waals surface area contributed by atoms with Crippen LogP contribution in [0.15, 0.2) is 34.9 Å². The average Bonchev–Trinajstić information content (AvgIpc) is 3.07. The zero-order valence-electron chi connectivity index (χ0n) is 11.9. The lowest BCUT2D eigenvalue weighted by Crippen LogP contribution is -2.36. The molecule has 0 aliphatic carbocycles. The van der Waals surface area contributed by atoms with Gasteiger partial charge in [-0.15, -0.1) is 0 Å². The van der Waals surface area contributed by atoms with Gasteiger partial charge in [0.1, 0.15) is 5.69 Å².